The van der Waals surface area contributed by atoms with E-state index in [2.05, 4.69) is 15.9 Å². The molecular weight excluding hydrogens is 664 g/mol. The van der Waals surface area contributed by atoms with Gasteiger partial charge in [0.2, 0.25) is 0 Å². The van der Waals surface area contributed by atoms with E-state index in [1.807, 2.05) is 0 Å². The first-order valence-electron chi connectivity index (χ1n) is 15.5. The number of ether oxygens (including phenoxy) is 3. The number of methoxy groups -OCH3 is 1. The van der Waals surface area contributed by atoms with Gasteiger partial charge in [0.1, 0.15) is 17.6 Å². The number of benzene rings is 3. The summed E-state index contributed by atoms with van der Waals surface area (Å²) in [7, 11) is 1.69. The zero-order chi connectivity index (χ0) is 33.9. The fourth-order valence-electron chi connectivity index (χ4n) is 6.35. The van der Waals surface area contributed by atoms with Crippen LogP contribution in [0.5, 0.6) is 5.75 Å². The van der Waals surface area contributed by atoms with E-state index < -0.39 is 23.7 Å². The highest BCUT2D eigenvalue weighted by Gasteiger charge is 2.32. The molecule has 3 heterocycles. The van der Waals surface area contributed by atoms with Crippen LogP contribution in [-0.2, 0) is 16.0 Å². The number of fused-ring (bicyclic) bond motifs is 1. The highest BCUT2D eigenvalue weighted by molar-refractivity contribution is 6.40. The predicted octanol–water partition coefficient (Wildman–Crippen LogP) is 4.99. The number of morpholine rings is 1. The molecule has 48 heavy (non-hydrogen) atoms. The molecule has 2 saturated heterocycles. The summed E-state index contributed by atoms with van der Waals surface area (Å²) >= 11 is 13.4. The Morgan fingerprint density at radius 2 is 1.83 bits per heavy atom. The van der Waals surface area contributed by atoms with Gasteiger partial charge in [-0.2, -0.15) is 5.26 Å². The van der Waals surface area contributed by atoms with Crippen molar-refractivity contribution in [2.45, 2.75) is 12.6 Å². The molecule has 14 heteroatoms. The number of anilines is 2. The number of piperazine rings is 1. The highest BCUT2D eigenvalue weighted by atomic mass is 35.5. The summed E-state index contributed by atoms with van der Waals surface area (Å²) in [5, 5.41) is 20.0. The molecule has 3 aromatic carbocycles. The number of carbonyl (C=O) groups is 2. The number of aromatic carboxylic acids is 1. The summed E-state index contributed by atoms with van der Waals surface area (Å²) in [4.78, 5) is 33.5. The minimum Gasteiger partial charge on any atom is -0.478 e. The van der Waals surface area contributed by atoms with Gasteiger partial charge in [-0.1, -0.05) is 41.4 Å². The molecule has 3 aliphatic heterocycles. The summed E-state index contributed by atoms with van der Waals surface area (Å²) in [6.07, 6.45) is 0. The fraction of sp³-hybridized carbons (Fsp3) is 0.382. The second-order valence-electron chi connectivity index (χ2n) is 11.7. The van der Waals surface area contributed by atoms with E-state index in [-0.39, 0.29) is 58.9 Å². The summed E-state index contributed by atoms with van der Waals surface area (Å²) in [6.45, 7) is 5.50. The number of para-hydroxylation sites is 1. The molecule has 1 amide bonds. The average Bonchev–Trinajstić information content (AvgIpc) is 3.10. The minimum absolute atomic E-state index is 0.0963. The zero-order valence-corrected chi connectivity index (χ0v) is 27.8. The van der Waals surface area contributed by atoms with Crippen LogP contribution in [0.2, 0.25) is 10.0 Å². The van der Waals surface area contributed by atoms with E-state index >= 15 is 4.39 Å². The smallest absolute Gasteiger partial charge is 0.337 e. The van der Waals surface area contributed by atoms with Crippen molar-refractivity contribution in [1.82, 2.24) is 9.80 Å². The summed E-state index contributed by atoms with van der Waals surface area (Å²) < 4.78 is 32.3. The van der Waals surface area contributed by atoms with Crippen molar-refractivity contribution in [2.75, 3.05) is 82.7 Å². The maximum Gasteiger partial charge on any atom is 0.337 e. The van der Waals surface area contributed by atoms with Crippen molar-refractivity contribution >= 4 is 46.5 Å². The van der Waals surface area contributed by atoms with Crippen LogP contribution >= 0.6 is 23.2 Å². The molecule has 0 bridgehead atoms. The average molecular weight is 699 g/mol. The number of hydrogen-bond donors (Lipinski definition) is 1. The van der Waals surface area contributed by atoms with Gasteiger partial charge in [0.15, 0.2) is 6.73 Å². The molecule has 1 unspecified atom stereocenters. The number of rotatable bonds is 8. The lowest BCUT2D eigenvalue weighted by atomic mass is 9.96. The number of nitriles is 1. The number of nitrogens with zero attached hydrogens (tertiary/aromatic N) is 5. The molecule has 0 radical (unpaired) electrons. The Hall–Kier alpha value is -4.12. The van der Waals surface area contributed by atoms with Crippen LogP contribution in [0, 0.1) is 17.1 Å². The van der Waals surface area contributed by atoms with E-state index in [0.29, 0.717) is 30.1 Å². The molecule has 2 fully saturated rings. The first-order chi connectivity index (χ1) is 23.2. The third-order valence-electron chi connectivity index (χ3n) is 8.89. The Morgan fingerprint density at radius 1 is 1.08 bits per heavy atom. The molecule has 1 N–H and O–H groups in total. The number of carboxylic acid groups (broad SMARTS) is 1. The van der Waals surface area contributed by atoms with Crippen LogP contribution in [0.3, 0.4) is 0 Å². The first-order valence-corrected chi connectivity index (χ1v) is 16.3. The Morgan fingerprint density at radius 3 is 2.52 bits per heavy atom. The van der Waals surface area contributed by atoms with Crippen LogP contribution in [0.15, 0.2) is 42.5 Å². The molecule has 11 nitrogen and oxygen atoms in total. The van der Waals surface area contributed by atoms with Crippen LogP contribution in [0.25, 0.3) is 11.1 Å². The molecule has 0 aliphatic carbocycles. The fourth-order valence-corrected chi connectivity index (χ4v) is 6.98. The van der Waals surface area contributed by atoms with E-state index in [4.69, 9.17) is 37.4 Å². The van der Waals surface area contributed by atoms with Gasteiger partial charge in [-0.15, -0.1) is 0 Å². The van der Waals surface area contributed by atoms with Gasteiger partial charge >= 0.3 is 5.97 Å². The van der Waals surface area contributed by atoms with Crippen molar-refractivity contribution < 1.29 is 33.3 Å². The molecule has 0 aromatic heterocycles. The van der Waals surface area contributed by atoms with E-state index in [9.17, 15) is 20.0 Å². The monoisotopic (exact) mass is 697 g/mol. The molecular formula is C34H34Cl2FN5O6. The highest BCUT2D eigenvalue weighted by Crippen LogP contribution is 2.41. The number of carboxylic acids is 1. The summed E-state index contributed by atoms with van der Waals surface area (Å²) in [6, 6.07) is 12.5. The Labute approximate surface area is 287 Å². The van der Waals surface area contributed by atoms with Gasteiger partial charge in [-0.25, -0.2) is 9.18 Å². The van der Waals surface area contributed by atoms with Crippen molar-refractivity contribution in [3.63, 3.8) is 0 Å². The number of halogens is 3. The number of carbonyl (C=O) groups excluding carboxylic acids is 1. The Bertz CT molecular complexity index is 1740. The quantitative estimate of drug-likeness (QED) is 0.345. The maximum absolute atomic E-state index is 15.6. The lowest BCUT2D eigenvalue weighted by Gasteiger charge is -2.36. The topological polar surface area (TPSA) is 119 Å². The second kappa shape index (κ2) is 14.6. The van der Waals surface area contributed by atoms with Gasteiger partial charge in [0.25, 0.3) is 5.91 Å². The predicted molar refractivity (Wildman–Crippen MR) is 179 cm³/mol. The third-order valence-corrected chi connectivity index (χ3v) is 9.49. The molecule has 3 aromatic rings. The summed E-state index contributed by atoms with van der Waals surface area (Å²) in [5.41, 5.74) is 2.07. The molecule has 3 aliphatic rings. The second-order valence-corrected chi connectivity index (χ2v) is 12.6. The van der Waals surface area contributed by atoms with E-state index in [1.165, 1.54) is 11.0 Å². The van der Waals surface area contributed by atoms with E-state index in [0.717, 1.165) is 44.5 Å². The maximum atomic E-state index is 15.6. The first kappa shape index (κ1) is 33.8. The van der Waals surface area contributed by atoms with Gasteiger partial charge in [-0.05, 0) is 24.3 Å². The van der Waals surface area contributed by atoms with Crippen LogP contribution in [0.4, 0.5) is 15.8 Å². The molecule has 252 valence electrons. The minimum atomic E-state index is -1.31. The molecule has 0 spiro atoms. The lowest BCUT2D eigenvalue weighted by Crippen LogP contribution is -2.47. The van der Waals surface area contributed by atoms with Crippen molar-refractivity contribution in [2.24, 2.45) is 0 Å². The van der Waals surface area contributed by atoms with Crippen LogP contribution in [0.1, 0.15) is 26.3 Å². The van der Waals surface area contributed by atoms with Crippen LogP contribution in [-0.4, -0.2) is 106 Å². The van der Waals surface area contributed by atoms with Crippen molar-refractivity contribution in [1.29, 1.82) is 5.26 Å². The van der Waals surface area contributed by atoms with Gasteiger partial charge in [0, 0.05) is 68.8 Å². The van der Waals surface area contributed by atoms with Crippen LogP contribution < -0.4 is 14.5 Å². The van der Waals surface area contributed by atoms with E-state index in [1.54, 1.807) is 42.3 Å². The molecule has 1 atom stereocenters. The lowest BCUT2D eigenvalue weighted by molar-refractivity contribution is 0.0516. The SMILES string of the molecule is COCCN1CCN(c2cc(Cl)c(C(=O)N3COc4c(cccc4-c4cc(N5CCOCC5C#N)c(C(=O)O)cc4F)C3)c(Cl)c2)CC1. The Balaban J connectivity index is 1.24. The normalized spacial score (nSPS) is 18.2. The van der Waals surface area contributed by atoms with Crippen molar-refractivity contribution in [3.05, 3.63) is 75.0 Å². The third kappa shape index (κ3) is 6.74. The standard InChI is InChI=1S/C34H34Cl2FN5O6/c1-46-11-9-39-5-7-40(8-6-39)22-13-27(35)31(28(36)14-22)33(43)41-18-21-3-2-4-24(32(21)48-20-41)25-16-30(26(34(44)45)15-29(25)37)42-10-12-47-19-23(42)17-38/h2-4,13-16,23H,5-12,18-20H2,1H3,(H,44,45). The Kier molecular flexibility index (Phi) is 10.2. The van der Waals surface area contributed by atoms with Gasteiger partial charge < -0.3 is 34.0 Å². The summed E-state index contributed by atoms with van der Waals surface area (Å²) in [5.74, 6) is -2.12. The largest absolute Gasteiger partial charge is 0.478 e. The molecule has 0 saturated carbocycles. The van der Waals surface area contributed by atoms with Crippen molar-refractivity contribution in [3.8, 4) is 22.9 Å². The van der Waals surface area contributed by atoms with Gasteiger partial charge in [0.05, 0.1) is 59.3 Å². The number of amides is 1. The van der Waals surface area contributed by atoms with Gasteiger partial charge in [-0.3, -0.25) is 9.69 Å². The number of hydrogen-bond acceptors (Lipinski definition) is 9. The zero-order valence-electron chi connectivity index (χ0n) is 26.3. The molecule has 6 rings (SSSR count).